The summed E-state index contributed by atoms with van der Waals surface area (Å²) in [6.07, 6.45) is 11.7. The summed E-state index contributed by atoms with van der Waals surface area (Å²) in [7, 11) is 0. The lowest BCUT2D eigenvalue weighted by Crippen LogP contribution is -1.99. The van der Waals surface area contributed by atoms with Crippen molar-refractivity contribution in [3.8, 4) is 11.8 Å². The van der Waals surface area contributed by atoms with Crippen LogP contribution in [-0.2, 0) is 9.53 Å². The maximum Gasteiger partial charge on any atom is 0.302 e. The van der Waals surface area contributed by atoms with Gasteiger partial charge in [-0.1, -0.05) is 39.0 Å². The first-order chi connectivity index (χ1) is 8.77. The predicted octanol–water partition coefficient (Wildman–Crippen LogP) is 4.47. The summed E-state index contributed by atoms with van der Waals surface area (Å²) in [5.41, 5.74) is 0. The van der Waals surface area contributed by atoms with Crippen LogP contribution in [0.3, 0.4) is 0 Å². The van der Waals surface area contributed by atoms with E-state index in [2.05, 4.69) is 18.8 Å². The maximum absolute atomic E-state index is 10.5. The van der Waals surface area contributed by atoms with Gasteiger partial charge >= 0.3 is 5.97 Å². The van der Waals surface area contributed by atoms with E-state index < -0.39 is 0 Å². The van der Waals surface area contributed by atoms with Crippen LogP contribution < -0.4 is 0 Å². The smallest absolute Gasteiger partial charge is 0.302 e. The van der Waals surface area contributed by atoms with Crippen LogP contribution in [-0.4, -0.2) is 12.6 Å². The highest BCUT2D eigenvalue weighted by atomic mass is 16.5. The number of hydrogen-bond donors (Lipinski definition) is 0. The van der Waals surface area contributed by atoms with Crippen LogP contribution in [0.15, 0.2) is 0 Å². The second kappa shape index (κ2) is 14.1. The second-order valence-corrected chi connectivity index (χ2v) is 4.67. The Bertz CT molecular complexity index is 248. The van der Waals surface area contributed by atoms with Crippen LogP contribution in [0.2, 0.25) is 0 Å². The van der Waals surface area contributed by atoms with Crippen molar-refractivity contribution in [2.45, 2.75) is 78.1 Å². The molecule has 0 aromatic rings. The summed E-state index contributed by atoms with van der Waals surface area (Å²) in [6.45, 7) is 4.25. The fourth-order valence-corrected chi connectivity index (χ4v) is 1.70. The third-order valence-corrected chi connectivity index (χ3v) is 2.78. The summed E-state index contributed by atoms with van der Waals surface area (Å²) < 4.78 is 4.87. The molecule has 0 fully saturated rings. The Labute approximate surface area is 112 Å². The van der Waals surface area contributed by atoms with Crippen molar-refractivity contribution in [3.05, 3.63) is 0 Å². The van der Waals surface area contributed by atoms with Crippen molar-refractivity contribution in [3.63, 3.8) is 0 Å². The van der Waals surface area contributed by atoms with Gasteiger partial charge in [-0.3, -0.25) is 4.79 Å². The highest BCUT2D eigenvalue weighted by molar-refractivity contribution is 5.65. The lowest BCUT2D eigenvalue weighted by Gasteiger charge is -2.00. The van der Waals surface area contributed by atoms with E-state index in [4.69, 9.17) is 4.74 Å². The Morgan fingerprint density at radius 2 is 1.44 bits per heavy atom. The molecular weight excluding hydrogens is 224 g/mol. The molecule has 0 unspecified atom stereocenters. The quantitative estimate of drug-likeness (QED) is 0.326. The molecule has 0 bridgehead atoms. The Hall–Kier alpha value is -0.970. The van der Waals surface area contributed by atoms with Crippen molar-refractivity contribution < 1.29 is 9.53 Å². The van der Waals surface area contributed by atoms with Gasteiger partial charge in [0.2, 0.25) is 0 Å². The zero-order chi connectivity index (χ0) is 13.5. The molecule has 0 heterocycles. The molecule has 0 N–H and O–H groups in total. The third-order valence-electron chi connectivity index (χ3n) is 2.78. The number of hydrogen-bond acceptors (Lipinski definition) is 2. The summed E-state index contributed by atoms with van der Waals surface area (Å²) in [5, 5.41) is 0. The van der Waals surface area contributed by atoms with E-state index in [-0.39, 0.29) is 5.97 Å². The van der Waals surface area contributed by atoms with E-state index >= 15 is 0 Å². The molecule has 18 heavy (non-hydrogen) atoms. The first-order valence-corrected chi connectivity index (χ1v) is 7.36. The van der Waals surface area contributed by atoms with E-state index in [0.29, 0.717) is 6.61 Å². The first-order valence-electron chi connectivity index (χ1n) is 7.36. The van der Waals surface area contributed by atoms with Crippen LogP contribution >= 0.6 is 0 Å². The number of rotatable bonds is 10. The Morgan fingerprint density at radius 3 is 2.00 bits per heavy atom. The molecule has 2 nitrogen and oxygen atoms in total. The van der Waals surface area contributed by atoms with Gasteiger partial charge in [-0.15, -0.1) is 11.8 Å². The number of ether oxygens (including phenoxy) is 1. The van der Waals surface area contributed by atoms with Gasteiger partial charge in [0.25, 0.3) is 0 Å². The van der Waals surface area contributed by atoms with Gasteiger partial charge in [-0.2, -0.15) is 0 Å². The second-order valence-electron chi connectivity index (χ2n) is 4.67. The number of carbonyl (C=O) groups is 1. The zero-order valence-electron chi connectivity index (χ0n) is 12.1. The minimum Gasteiger partial charge on any atom is -0.466 e. The van der Waals surface area contributed by atoms with Gasteiger partial charge in [-0.05, 0) is 19.3 Å². The molecule has 0 rings (SSSR count). The van der Waals surface area contributed by atoms with Crippen molar-refractivity contribution in [1.29, 1.82) is 0 Å². The summed E-state index contributed by atoms with van der Waals surface area (Å²) in [5.74, 6) is 6.30. The van der Waals surface area contributed by atoms with E-state index in [1.807, 2.05) is 0 Å². The van der Waals surface area contributed by atoms with E-state index in [1.54, 1.807) is 0 Å². The lowest BCUT2D eigenvalue weighted by atomic mass is 10.1. The maximum atomic E-state index is 10.5. The van der Waals surface area contributed by atoms with Gasteiger partial charge in [0.15, 0.2) is 0 Å². The molecule has 0 spiro atoms. The molecule has 2 heteroatoms. The largest absolute Gasteiger partial charge is 0.466 e. The fourth-order valence-electron chi connectivity index (χ4n) is 1.70. The lowest BCUT2D eigenvalue weighted by molar-refractivity contribution is -0.141. The molecule has 0 amide bonds. The SMILES string of the molecule is CCCCCCC#CCCCCCCOC(C)=O. The van der Waals surface area contributed by atoms with Crippen molar-refractivity contribution in [2.75, 3.05) is 6.61 Å². The predicted molar refractivity (Wildman–Crippen MR) is 76.3 cm³/mol. The Kier molecular flexibility index (Phi) is 13.3. The van der Waals surface area contributed by atoms with Crippen molar-refractivity contribution in [2.24, 2.45) is 0 Å². The molecule has 0 aliphatic rings. The normalized spacial score (nSPS) is 9.67. The molecule has 0 aliphatic carbocycles. The van der Waals surface area contributed by atoms with Crippen LogP contribution in [0.4, 0.5) is 0 Å². The highest BCUT2D eigenvalue weighted by Crippen LogP contribution is 2.04. The minimum absolute atomic E-state index is 0.177. The molecule has 0 saturated carbocycles. The highest BCUT2D eigenvalue weighted by Gasteiger charge is 1.92. The molecule has 0 aromatic heterocycles. The average molecular weight is 252 g/mol. The Morgan fingerprint density at radius 1 is 0.889 bits per heavy atom. The fraction of sp³-hybridized carbons (Fsp3) is 0.812. The Balaban J connectivity index is 3.10. The summed E-state index contributed by atoms with van der Waals surface area (Å²) in [4.78, 5) is 10.5. The van der Waals surface area contributed by atoms with Crippen molar-refractivity contribution in [1.82, 2.24) is 0 Å². The van der Waals surface area contributed by atoms with Gasteiger partial charge in [0.1, 0.15) is 0 Å². The summed E-state index contributed by atoms with van der Waals surface area (Å²) in [6, 6.07) is 0. The van der Waals surface area contributed by atoms with Crippen LogP contribution in [0.25, 0.3) is 0 Å². The molecule has 0 radical (unpaired) electrons. The molecule has 104 valence electrons. The standard InChI is InChI=1S/C16H28O2/c1-3-4-5-6-7-8-9-10-11-12-13-14-15-18-16(2)17/h3-7,10-15H2,1-2H3. The van der Waals surface area contributed by atoms with E-state index in [1.165, 1.54) is 45.4 Å². The first kappa shape index (κ1) is 17.0. The number of esters is 1. The van der Waals surface area contributed by atoms with Crippen LogP contribution in [0.1, 0.15) is 78.1 Å². The minimum atomic E-state index is -0.177. The van der Waals surface area contributed by atoms with Crippen molar-refractivity contribution >= 4 is 5.97 Å². The zero-order valence-corrected chi connectivity index (χ0v) is 12.1. The number of unbranched alkanes of at least 4 members (excludes halogenated alkanes) is 8. The average Bonchev–Trinajstić information content (AvgIpc) is 2.34. The van der Waals surface area contributed by atoms with E-state index in [9.17, 15) is 4.79 Å². The number of carbonyl (C=O) groups excluding carboxylic acids is 1. The van der Waals surface area contributed by atoms with Gasteiger partial charge < -0.3 is 4.74 Å². The molecule has 0 aromatic carbocycles. The van der Waals surface area contributed by atoms with Crippen LogP contribution in [0.5, 0.6) is 0 Å². The van der Waals surface area contributed by atoms with Crippen LogP contribution in [0, 0.1) is 11.8 Å². The van der Waals surface area contributed by atoms with Gasteiger partial charge in [0.05, 0.1) is 6.61 Å². The topological polar surface area (TPSA) is 26.3 Å². The molecular formula is C16H28O2. The third kappa shape index (κ3) is 15.0. The monoisotopic (exact) mass is 252 g/mol. The summed E-state index contributed by atoms with van der Waals surface area (Å²) >= 11 is 0. The van der Waals surface area contributed by atoms with Gasteiger partial charge in [-0.25, -0.2) is 0 Å². The molecule has 0 aliphatic heterocycles. The molecule has 0 atom stereocenters. The van der Waals surface area contributed by atoms with E-state index in [0.717, 1.165) is 25.7 Å². The van der Waals surface area contributed by atoms with Gasteiger partial charge in [0, 0.05) is 19.8 Å². The molecule has 0 saturated heterocycles.